The molecule has 2 saturated heterocycles. The zero-order valence-electron chi connectivity index (χ0n) is 21.6. The number of aliphatic hydroxyl groups is 2. The van der Waals surface area contributed by atoms with Crippen molar-refractivity contribution in [3.05, 3.63) is 42.4 Å². The first-order valence-corrected chi connectivity index (χ1v) is 12.9. The third-order valence-electron chi connectivity index (χ3n) is 7.23. The van der Waals surface area contributed by atoms with E-state index >= 15 is 0 Å². The molecule has 1 aromatic carbocycles. The molecule has 13 nitrogen and oxygen atoms in total. The summed E-state index contributed by atoms with van der Waals surface area (Å²) in [6, 6.07) is 8.12. The number of hydrogen-bond acceptors (Lipinski definition) is 10. The van der Waals surface area contributed by atoms with Crippen LogP contribution in [0.5, 0.6) is 0 Å². The molecule has 2 fully saturated rings. The number of imidazole rings is 1. The molecule has 4 aromatic rings. The van der Waals surface area contributed by atoms with Gasteiger partial charge in [0, 0.05) is 18.7 Å². The van der Waals surface area contributed by atoms with E-state index in [1.165, 1.54) is 11.2 Å². The Morgan fingerprint density at radius 3 is 2.77 bits per heavy atom. The third-order valence-corrected chi connectivity index (χ3v) is 7.23. The minimum Gasteiger partial charge on any atom is -0.385 e. The highest BCUT2D eigenvalue weighted by molar-refractivity contribution is 5.87. The van der Waals surface area contributed by atoms with Crippen molar-refractivity contribution in [1.82, 2.24) is 34.6 Å². The standard InChI is InChI=1S/C26H30N8O5/c1-3-33(13-35)25-20(36)21(37)26(39-25)34-12-27-19-23(29-16-8-9-38-11-16)30-22(31-24(19)34)18-17(10-28-32-18)15-6-4-14(2)5-7-15/h4-7,10,12-13,16,20-21,25-26,36-37H,3,8-9,11H2,1-2H3,(H,28,32)(H,29,30,31)/t16-,20-,21+,25+,26-/m1/s1. The first kappa shape index (κ1) is 25.4. The summed E-state index contributed by atoms with van der Waals surface area (Å²) in [5, 5.41) is 32.3. The van der Waals surface area contributed by atoms with Gasteiger partial charge in [0.15, 0.2) is 35.3 Å². The summed E-state index contributed by atoms with van der Waals surface area (Å²) in [4.78, 5) is 27.0. The fraction of sp³-hybridized carbons (Fsp3) is 0.423. The SMILES string of the molecule is CCN(C=O)[C@H]1O[C@@H](n2cnc3c(N[C@@H]4CCOC4)nc(-c4[nH]ncc4-c4ccc(C)cc4)nc32)[C@@H](O)[C@H]1O. The first-order valence-electron chi connectivity index (χ1n) is 12.9. The fourth-order valence-electron chi connectivity index (χ4n) is 5.03. The molecule has 1 amide bonds. The van der Waals surface area contributed by atoms with E-state index in [0.29, 0.717) is 54.7 Å². The molecule has 5 heterocycles. The second kappa shape index (κ2) is 10.3. The van der Waals surface area contributed by atoms with E-state index in [1.807, 2.05) is 31.2 Å². The summed E-state index contributed by atoms with van der Waals surface area (Å²) >= 11 is 0. The molecule has 0 radical (unpaired) electrons. The smallest absolute Gasteiger partial charge is 0.211 e. The van der Waals surface area contributed by atoms with E-state index in [2.05, 4.69) is 20.5 Å². The van der Waals surface area contributed by atoms with Crippen LogP contribution in [0.3, 0.4) is 0 Å². The van der Waals surface area contributed by atoms with Crippen LogP contribution in [0.4, 0.5) is 5.82 Å². The molecule has 6 rings (SSSR count). The molecule has 0 saturated carbocycles. The van der Waals surface area contributed by atoms with Gasteiger partial charge < -0.3 is 29.9 Å². The second-order valence-electron chi connectivity index (χ2n) is 9.78. The summed E-state index contributed by atoms with van der Waals surface area (Å²) in [6.07, 6.45) is -0.0569. The van der Waals surface area contributed by atoms with E-state index in [9.17, 15) is 15.0 Å². The Kier molecular flexibility index (Phi) is 6.73. The lowest BCUT2D eigenvalue weighted by atomic mass is 10.0. The molecule has 0 spiro atoms. The fourth-order valence-corrected chi connectivity index (χ4v) is 5.03. The van der Waals surface area contributed by atoms with Crippen molar-refractivity contribution in [2.75, 3.05) is 25.1 Å². The van der Waals surface area contributed by atoms with Crippen LogP contribution < -0.4 is 5.32 Å². The zero-order valence-corrected chi connectivity index (χ0v) is 21.6. The van der Waals surface area contributed by atoms with Crippen molar-refractivity contribution in [1.29, 1.82) is 0 Å². The van der Waals surface area contributed by atoms with E-state index < -0.39 is 24.7 Å². The van der Waals surface area contributed by atoms with Gasteiger partial charge in [0.2, 0.25) is 6.41 Å². The molecule has 5 atom stereocenters. The van der Waals surface area contributed by atoms with Crippen molar-refractivity contribution in [2.45, 2.75) is 51.0 Å². The molecule has 2 aliphatic rings. The molecule has 4 N–H and O–H groups in total. The van der Waals surface area contributed by atoms with Crippen LogP contribution in [0.15, 0.2) is 36.8 Å². The predicted octanol–water partition coefficient (Wildman–Crippen LogP) is 1.45. The van der Waals surface area contributed by atoms with Crippen molar-refractivity contribution in [2.24, 2.45) is 0 Å². The number of amides is 1. The first-order chi connectivity index (χ1) is 19.0. The zero-order chi connectivity index (χ0) is 27.1. The number of aromatic amines is 1. The van der Waals surface area contributed by atoms with Crippen LogP contribution in [0.2, 0.25) is 0 Å². The maximum atomic E-state index is 11.5. The maximum absolute atomic E-state index is 11.5. The lowest BCUT2D eigenvalue weighted by Crippen LogP contribution is -2.43. The van der Waals surface area contributed by atoms with Crippen LogP contribution in [0.25, 0.3) is 33.8 Å². The van der Waals surface area contributed by atoms with Gasteiger partial charge in [-0.2, -0.15) is 5.10 Å². The number of H-pyrrole nitrogens is 1. The van der Waals surface area contributed by atoms with Crippen LogP contribution in [-0.2, 0) is 14.3 Å². The number of rotatable bonds is 8. The predicted molar refractivity (Wildman–Crippen MR) is 140 cm³/mol. The molecule has 204 valence electrons. The number of ether oxygens (including phenoxy) is 2. The normalized spacial score (nSPS) is 24.9. The molecule has 13 heteroatoms. The second-order valence-corrected chi connectivity index (χ2v) is 9.78. The number of carbonyl (C=O) groups excluding carboxylic acids is 1. The third kappa shape index (κ3) is 4.52. The number of aryl methyl sites for hydroxylation is 1. The average Bonchev–Trinajstić information content (AvgIpc) is 3.75. The van der Waals surface area contributed by atoms with Crippen molar-refractivity contribution in [3.63, 3.8) is 0 Å². The lowest BCUT2D eigenvalue weighted by Gasteiger charge is -2.25. The van der Waals surface area contributed by atoms with E-state index in [4.69, 9.17) is 19.4 Å². The number of hydrogen-bond donors (Lipinski definition) is 4. The van der Waals surface area contributed by atoms with E-state index in [1.54, 1.807) is 17.7 Å². The van der Waals surface area contributed by atoms with Crippen LogP contribution in [0, 0.1) is 6.92 Å². The van der Waals surface area contributed by atoms with Crippen molar-refractivity contribution in [3.8, 4) is 22.6 Å². The van der Waals surface area contributed by atoms with Gasteiger partial charge in [0.25, 0.3) is 0 Å². The number of nitrogens with zero attached hydrogens (tertiary/aromatic N) is 6. The van der Waals surface area contributed by atoms with Gasteiger partial charge in [-0.1, -0.05) is 29.8 Å². The molecule has 2 aliphatic heterocycles. The minimum atomic E-state index is -1.32. The summed E-state index contributed by atoms with van der Waals surface area (Å²) in [6.45, 7) is 5.28. The van der Waals surface area contributed by atoms with Gasteiger partial charge in [0.05, 0.1) is 25.2 Å². The van der Waals surface area contributed by atoms with Crippen molar-refractivity contribution >= 4 is 23.4 Å². The number of anilines is 1. The van der Waals surface area contributed by atoms with Crippen LogP contribution in [-0.4, -0.2) is 95.5 Å². The number of aliphatic hydroxyl groups excluding tert-OH is 2. The maximum Gasteiger partial charge on any atom is 0.211 e. The Morgan fingerprint density at radius 1 is 1.23 bits per heavy atom. The van der Waals surface area contributed by atoms with Crippen molar-refractivity contribution < 1.29 is 24.5 Å². The van der Waals surface area contributed by atoms with Gasteiger partial charge in [-0.25, -0.2) is 15.0 Å². The van der Waals surface area contributed by atoms with Gasteiger partial charge in [-0.15, -0.1) is 0 Å². The average molecular weight is 535 g/mol. The quantitative estimate of drug-likeness (QED) is 0.243. The Labute approximate surface area is 223 Å². The van der Waals surface area contributed by atoms with Gasteiger partial charge in [-0.3, -0.25) is 14.5 Å². The molecular formula is C26H30N8O5. The van der Waals surface area contributed by atoms with E-state index in [-0.39, 0.29) is 6.04 Å². The Bertz CT molecular complexity index is 1470. The Balaban J connectivity index is 1.46. The number of aromatic nitrogens is 6. The number of carbonyl (C=O) groups is 1. The summed E-state index contributed by atoms with van der Waals surface area (Å²) in [7, 11) is 0. The van der Waals surface area contributed by atoms with Crippen LogP contribution in [0.1, 0.15) is 25.1 Å². The minimum absolute atomic E-state index is 0.0460. The highest BCUT2D eigenvalue weighted by Crippen LogP contribution is 2.36. The summed E-state index contributed by atoms with van der Waals surface area (Å²) in [5.74, 6) is 0.868. The number of likely N-dealkylation sites (N-methyl/N-ethyl adjacent to an activating group) is 1. The highest BCUT2D eigenvalue weighted by atomic mass is 16.6. The number of benzene rings is 1. The van der Waals surface area contributed by atoms with Gasteiger partial charge >= 0.3 is 0 Å². The summed E-state index contributed by atoms with van der Waals surface area (Å²) in [5.41, 5.74) is 4.39. The Hall–Kier alpha value is -3.91. The topological polar surface area (TPSA) is 164 Å². The Morgan fingerprint density at radius 2 is 2.05 bits per heavy atom. The van der Waals surface area contributed by atoms with Gasteiger partial charge in [-0.05, 0) is 25.8 Å². The molecule has 3 aromatic heterocycles. The number of nitrogens with one attached hydrogen (secondary N) is 2. The monoisotopic (exact) mass is 534 g/mol. The molecular weight excluding hydrogens is 504 g/mol. The molecule has 0 bridgehead atoms. The highest BCUT2D eigenvalue weighted by Gasteiger charge is 2.46. The number of fused-ring (bicyclic) bond motifs is 1. The molecule has 0 unspecified atom stereocenters. The van der Waals surface area contributed by atoms with Crippen LogP contribution >= 0.6 is 0 Å². The lowest BCUT2D eigenvalue weighted by molar-refractivity contribution is -0.141. The van der Waals surface area contributed by atoms with Gasteiger partial charge in [0.1, 0.15) is 17.9 Å². The molecule has 0 aliphatic carbocycles. The molecule has 39 heavy (non-hydrogen) atoms. The summed E-state index contributed by atoms with van der Waals surface area (Å²) < 4.78 is 13.1. The largest absolute Gasteiger partial charge is 0.385 e. The van der Waals surface area contributed by atoms with E-state index in [0.717, 1.165) is 23.1 Å².